The number of isocyanates is 1. The summed E-state index contributed by atoms with van der Waals surface area (Å²) in [5, 5.41) is 11.9. The van der Waals surface area contributed by atoms with Gasteiger partial charge in [-0.1, -0.05) is 64.7 Å². The highest BCUT2D eigenvalue weighted by atomic mass is 16.1. The second-order valence-corrected chi connectivity index (χ2v) is 5.39. The Morgan fingerprint density at radius 1 is 1.00 bits per heavy atom. The van der Waals surface area contributed by atoms with Crippen molar-refractivity contribution < 1.29 is 4.79 Å². The molecule has 1 rings (SSSR count). The maximum Gasteiger partial charge on any atom is 0.235 e. The molecule has 1 aromatic heterocycles. The molecule has 0 radical (unpaired) electrons. The number of aryl methyl sites for hydroxylation is 1. The van der Waals surface area contributed by atoms with E-state index in [1.54, 1.807) is 4.80 Å². The zero-order valence-corrected chi connectivity index (χ0v) is 13.1. The van der Waals surface area contributed by atoms with Gasteiger partial charge in [-0.05, 0) is 11.6 Å². The molecular formula is C15H27N5O. The van der Waals surface area contributed by atoms with Gasteiger partial charge in [0.05, 0.1) is 6.54 Å². The van der Waals surface area contributed by atoms with Crippen molar-refractivity contribution >= 4 is 6.08 Å². The Hall–Kier alpha value is -1.55. The van der Waals surface area contributed by atoms with E-state index in [9.17, 15) is 4.79 Å². The smallest absolute Gasteiger partial charge is 0.211 e. The minimum absolute atomic E-state index is 0.168. The highest BCUT2D eigenvalue weighted by Gasteiger charge is 2.01. The molecule has 0 amide bonds. The Morgan fingerprint density at radius 3 is 2.24 bits per heavy atom. The highest BCUT2D eigenvalue weighted by molar-refractivity contribution is 5.32. The molecule has 0 saturated heterocycles. The number of aliphatic imine (C=N–C) groups is 1. The fourth-order valence-electron chi connectivity index (χ4n) is 2.28. The van der Waals surface area contributed by atoms with E-state index in [4.69, 9.17) is 0 Å². The van der Waals surface area contributed by atoms with Gasteiger partial charge >= 0.3 is 0 Å². The fraction of sp³-hybridized carbons (Fsp3) is 0.867. The summed E-state index contributed by atoms with van der Waals surface area (Å²) < 4.78 is 0. The highest BCUT2D eigenvalue weighted by Crippen LogP contribution is 2.10. The van der Waals surface area contributed by atoms with E-state index in [0.29, 0.717) is 5.82 Å². The quantitative estimate of drug-likeness (QED) is 0.317. The Labute approximate surface area is 127 Å². The summed E-state index contributed by atoms with van der Waals surface area (Å²) in [6.45, 7) is 3.21. The predicted octanol–water partition coefficient (Wildman–Crippen LogP) is 3.43. The molecule has 0 bridgehead atoms. The Bertz CT molecular complexity index is 412. The molecule has 0 atom stereocenters. The van der Waals surface area contributed by atoms with Crippen LogP contribution in [0.2, 0.25) is 0 Å². The molecule has 0 aliphatic heterocycles. The maximum atomic E-state index is 9.98. The van der Waals surface area contributed by atoms with E-state index in [1.807, 2.05) is 0 Å². The monoisotopic (exact) mass is 293 g/mol. The first kappa shape index (κ1) is 17.5. The lowest BCUT2D eigenvalue weighted by molar-refractivity contribution is 0.470. The van der Waals surface area contributed by atoms with Crippen LogP contribution in [0.4, 0.5) is 0 Å². The van der Waals surface area contributed by atoms with Crippen molar-refractivity contribution in [1.82, 2.24) is 20.2 Å². The van der Waals surface area contributed by atoms with E-state index in [2.05, 4.69) is 27.3 Å². The second-order valence-electron chi connectivity index (χ2n) is 5.39. The number of hydrogen-bond donors (Lipinski definition) is 0. The summed E-state index contributed by atoms with van der Waals surface area (Å²) in [4.78, 5) is 15.0. The normalized spacial score (nSPS) is 10.5. The van der Waals surface area contributed by atoms with Gasteiger partial charge in [0.15, 0.2) is 5.82 Å². The molecule has 0 fully saturated rings. The summed E-state index contributed by atoms with van der Waals surface area (Å²) in [5.74, 6) is 0.477. The molecule has 118 valence electrons. The van der Waals surface area contributed by atoms with Crippen molar-refractivity contribution in [3.05, 3.63) is 5.82 Å². The molecule has 0 saturated carbocycles. The van der Waals surface area contributed by atoms with Crippen molar-refractivity contribution in [2.45, 2.75) is 84.2 Å². The average Bonchev–Trinajstić information content (AvgIpc) is 2.95. The number of tetrazole rings is 1. The zero-order valence-electron chi connectivity index (χ0n) is 13.1. The van der Waals surface area contributed by atoms with E-state index in [1.165, 1.54) is 63.9 Å². The molecule has 0 aromatic carbocycles. The third-order valence-electron chi connectivity index (χ3n) is 3.49. The van der Waals surface area contributed by atoms with Crippen molar-refractivity contribution in [1.29, 1.82) is 0 Å². The molecule has 0 N–H and O–H groups in total. The third-order valence-corrected chi connectivity index (χ3v) is 3.49. The summed E-state index contributed by atoms with van der Waals surface area (Å²) in [5.41, 5.74) is 0. The van der Waals surface area contributed by atoms with E-state index >= 15 is 0 Å². The van der Waals surface area contributed by atoms with Crippen LogP contribution in [-0.4, -0.2) is 26.3 Å². The van der Waals surface area contributed by atoms with Crippen LogP contribution in [0, 0.1) is 0 Å². The maximum absolute atomic E-state index is 9.98. The summed E-state index contributed by atoms with van der Waals surface area (Å²) in [6, 6.07) is 0. The summed E-state index contributed by atoms with van der Waals surface area (Å²) >= 11 is 0. The van der Waals surface area contributed by atoms with Crippen LogP contribution in [0.3, 0.4) is 0 Å². The first-order valence-corrected chi connectivity index (χ1v) is 8.17. The molecule has 6 nitrogen and oxygen atoms in total. The van der Waals surface area contributed by atoms with Crippen LogP contribution >= 0.6 is 0 Å². The Morgan fingerprint density at radius 2 is 1.62 bits per heavy atom. The van der Waals surface area contributed by atoms with Gasteiger partial charge in [-0.15, -0.1) is 10.2 Å². The van der Waals surface area contributed by atoms with Crippen LogP contribution in [0.15, 0.2) is 4.99 Å². The average molecular weight is 293 g/mol. The van der Waals surface area contributed by atoms with Crippen LogP contribution in [0.5, 0.6) is 0 Å². The minimum atomic E-state index is 0.168. The van der Waals surface area contributed by atoms with Crippen LogP contribution in [-0.2, 0) is 17.9 Å². The van der Waals surface area contributed by atoms with Gasteiger partial charge in [0.1, 0.15) is 6.54 Å². The molecule has 6 heteroatoms. The number of aromatic nitrogens is 4. The van der Waals surface area contributed by atoms with E-state index in [0.717, 1.165) is 13.0 Å². The molecule has 0 spiro atoms. The van der Waals surface area contributed by atoms with Crippen LogP contribution in [0.25, 0.3) is 0 Å². The molecule has 1 aromatic rings. The molecule has 1 heterocycles. The summed E-state index contributed by atoms with van der Waals surface area (Å²) in [6.07, 6.45) is 14.6. The third kappa shape index (κ3) is 9.08. The zero-order chi connectivity index (χ0) is 15.2. The van der Waals surface area contributed by atoms with Crippen LogP contribution < -0.4 is 0 Å². The van der Waals surface area contributed by atoms with E-state index in [-0.39, 0.29) is 6.54 Å². The van der Waals surface area contributed by atoms with Crippen molar-refractivity contribution in [2.24, 2.45) is 4.99 Å². The van der Waals surface area contributed by atoms with Gasteiger partial charge in [-0.3, -0.25) is 0 Å². The van der Waals surface area contributed by atoms with Gasteiger partial charge in [-0.2, -0.15) is 9.79 Å². The number of rotatable bonds is 13. The largest absolute Gasteiger partial charge is 0.235 e. The first-order valence-electron chi connectivity index (χ1n) is 8.17. The van der Waals surface area contributed by atoms with E-state index < -0.39 is 0 Å². The van der Waals surface area contributed by atoms with Crippen LogP contribution in [0.1, 0.15) is 77.0 Å². The SMILES string of the molecule is CCCCCCCCCCCCn1nnc(CN=C=O)n1. The predicted molar refractivity (Wildman–Crippen MR) is 81.5 cm³/mol. The van der Waals surface area contributed by atoms with Gasteiger partial charge in [0.2, 0.25) is 6.08 Å². The molecule has 0 aliphatic rings. The van der Waals surface area contributed by atoms with Gasteiger partial charge in [-0.25, -0.2) is 4.79 Å². The number of hydrogen-bond acceptors (Lipinski definition) is 5. The number of carbonyl (C=O) groups excluding carboxylic acids is 1. The van der Waals surface area contributed by atoms with Crippen molar-refractivity contribution in [3.63, 3.8) is 0 Å². The van der Waals surface area contributed by atoms with Crippen molar-refractivity contribution in [3.8, 4) is 0 Å². The molecule has 0 aliphatic carbocycles. The standard InChI is InChI=1S/C15H27N5O/c1-2-3-4-5-6-7-8-9-10-11-12-20-18-15(17-19-20)13-16-14-21/h2-13H2,1H3. The van der Waals surface area contributed by atoms with Gasteiger partial charge in [0.25, 0.3) is 0 Å². The molecule has 0 unspecified atom stereocenters. The Balaban J connectivity index is 1.94. The Kier molecular flexibility index (Phi) is 10.2. The fourth-order valence-corrected chi connectivity index (χ4v) is 2.28. The number of unbranched alkanes of at least 4 members (excludes halogenated alkanes) is 9. The molecule has 21 heavy (non-hydrogen) atoms. The minimum Gasteiger partial charge on any atom is -0.211 e. The van der Waals surface area contributed by atoms with Gasteiger partial charge in [0, 0.05) is 0 Å². The van der Waals surface area contributed by atoms with Crippen molar-refractivity contribution in [2.75, 3.05) is 0 Å². The topological polar surface area (TPSA) is 73.0 Å². The lowest BCUT2D eigenvalue weighted by Gasteiger charge is -2.02. The summed E-state index contributed by atoms with van der Waals surface area (Å²) in [7, 11) is 0. The number of nitrogens with zero attached hydrogens (tertiary/aromatic N) is 5. The lowest BCUT2D eigenvalue weighted by atomic mass is 10.1. The lowest BCUT2D eigenvalue weighted by Crippen LogP contribution is -2.02. The van der Waals surface area contributed by atoms with Gasteiger partial charge < -0.3 is 0 Å². The molecular weight excluding hydrogens is 266 g/mol. The first-order chi connectivity index (χ1) is 10.4. The second kappa shape index (κ2) is 12.2.